The lowest BCUT2D eigenvalue weighted by Crippen LogP contribution is -2.47. The molecule has 1 amide bonds. The predicted octanol–water partition coefficient (Wildman–Crippen LogP) is 1.42. The summed E-state index contributed by atoms with van der Waals surface area (Å²) in [6.07, 6.45) is 1.99. The minimum Gasteiger partial charge on any atom is -0.469 e. The smallest absolute Gasteiger partial charge is 0.307 e. The van der Waals surface area contributed by atoms with Crippen LogP contribution in [0.5, 0.6) is 0 Å². The first-order chi connectivity index (χ1) is 9.45. The van der Waals surface area contributed by atoms with E-state index < -0.39 is 0 Å². The zero-order valence-electron chi connectivity index (χ0n) is 13.2. The number of carbonyl (C=O) groups is 2. The summed E-state index contributed by atoms with van der Waals surface area (Å²) < 4.78 is 4.67. The largest absolute Gasteiger partial charge is 0.469 e. The first-order valence-electron chi connectivity index (χ1n) is 7.52. The van der Waals surface area contributed by atoms with Gasteiger partial charge in [0, 0.05) is 19.6 Å². The molecule has 1 N–H and O–H groups in total. The van der Waals surface area contributed by atoms with E-state index >= 15 is 0 Å². The molecule has 0 radical (unpaired) electrons. The molecule has 20 heavy (non-hydrogen) atoms. The van der Waals surface area contributed by atoms with Gasteiger partial charge in [0.05, 0.1) is 18.9 Å². The summed E-state index contributed by atoms with van der Waals surface area (Å²) in [6, 6.07) is 0. The van der Waals surface area contributed by atoms with Gasteiger partial charge in [-0.15, -0.1) is 0 Å². The van der Waals surface area contributed by atoms with Crippen LogP contribution in [-0.4, -0.2) is 50.1 Å². The quantitative estimate of drug-likeness (QED) is 0.718. The first-order valence-corrected chi connectivity index (χ1v) is 7.52. The van der Waals surface area contributed by atoms with E-state index in [1.165, 1.54) is 7.11 Å². The van der Waals surface area contributed by atoms with E-state index in [1.807, 2.05) is 4.90 Å². The summed E-state index contributed by atoms with van der Waals surface area (Å²) in [7, 11) is 1.38. The van der Waals surface area contributed by atoms with Gasteiger partial charge in [-0.3, -0.25) is 9.59 Å². The number of amides is 1. The zero-order chi connectivity index (χ0) is 15.2. The third-order valence-electron chi connectivity index (χ3n) is 4.06. The second-order valence-electron chi connectivity index (χ2n) is 6.03. The van der Waals surface area contributed by atoms with E-state index in [1.54, 1.807) is 0 Å². The lowest BCUT2D eigenvalue weighted by atomic mass is 9.82. The van der Waals surface area contributed by atoms with Crippen molar-refractivity contribution in [3.63, 3.8) is 0 Å². The minimum atomic E-state index is -0.287. The van der Waals surface area contributed by atoms with Crippen molar-refractivity contribution < 1.29 is 14.3 Å². The summed E-state index contributed by atoms with van der Waals surface area (Å²) in [5.74, 6) is 0.309. The lowest BCUT2D eigenvalue weighted by molar-refractivity contribution is -0.145. The highest BCUT2D eigenvalue weighted by Gasteiger charge is 2.42. The van der Waals surface area contributed by atoms with Crippen molar-refractivity contribution in [3.05, 3.63) is 0 Å². The number of rotatable bonds is 7. The molecule has 1 saturated heterocycles. The molecule has 116 valence electrons. The lowest BCUT2D eigenvalue weighted by Gasteiger charge is -2.34. The Bertz CT molecular complexity index is 336. The number of nitrogens with zero attached hydrogens (tertiary/aromatic N) is 1. The van der Waals surface area contributed by atoms with Gasteiger partial charge in [0.1, 0.15) is 0 Å². The molecule has 1 unspecified atom stereocenters. The van der Waals surface area contributed by atoms with Gasteiger partial charge >= 0.3 is 5.97 Å². The third-order valence-corrected chi connectivity index (χ3v) is 4.06. The van der Waals surface area contributed by atoms with E-state index in [0.717, 1.165) is 25.9 Å². The van der Waals surface area contributed by atoms with Gasteiger partial charge in [-0.1, -0.05) is 20.8 Å². The Kier molecular flexibility index (Phi) is 6.46. The number of esters is 1. The van der Waals surface area contributed by atoms with Crippen LogP contribution in [0.4, 0.5) is 0 Å². The minimum absolute atomic E-state index is 0.183. The Balaban J connectivity index is 2.75. The van der Waals surface area contributed by atoms with Crippen molar-refractivity contribution >= 4 is 11.9 Å². The molecule has 0 aromatic carbocycles. The fraction of sp³-hybridized carbons (Fsp3) is 0.867. The Morgan fingerprint density at radius 3 is 2.55 bits per heavy atom. The fourth-order valence-electron chi connectivity index (χ4n) is 2.76. The topological polar surface area (TPSA) is 58.6 Å². The maximum atomic E-state index is 12.9. The highest BCUT2D eigenvalue weighted by Crippen LogP contribution is 2.32. The maximum absolute atomic E-state index is 12.9. The van der Waals surface area contributed by atoms with Gasteiger partial charge in [-0.25, -0.2) is 0 Å². The Morgan fingerprint density at radius 1 is 1.40 bits per heavy atom. The Hall–Kier alpha value is -1.10. The van der Waals surface area contributed by atoms with Gasteiger partial charge in [0.2, 0.25) is 5.91 Å². The number of hydrogen-bond donors (Lipinski definition) is 1. The van der Waals surface area contributed by atoms with Crippen molar-refractivity contribution in [2.75, 3.05) is 33.3 Å². The zero-order valence-corrected chi connectivity index (χ0v) is 13.2. The van der Waals surface area contributed by atoms with Crippen molar-refractivity contribution in [1.82, 2.24) is 10.2 Å². The first kappa shape index (κ1) is 17.0. The van der Waals surface area contributed by atoms with Crippen molar-refractivity contribution in [1.29, 1.82) is 0 Å². The Morgan fingerprint density at radius 2 is 2.10 bits per heavy atom. The van der Waals surface area contributed by atoms with Crippen LogP contribution in [0.2, 0.25) is 0 Å². The number of hydrogen-bond acceptors (Lipinski definition) is 4. The van der Waals surface area contributed by atoms with Crippen LogP contribution < -0.4 is 5.32 Å². The molecule has 0 aromatic rings. The SMILES string of the molecule is CCC1(C(=O)N(CCC(=O)OC)CC(C)C)CCNC1. The second-order valence-corrected chi connectivity index (χ2v) is 6.03. The van der Waals surface area contributed by atoms with Crippen LogP contribution in [0.3, 0.4) is 0 Å². The van der Waals surface area contributed by atoms with Gasteiger partial charge in [0.15, 0.2) is 0 Å². The summed E-state index contributed by atoms with van der Waals surface area (Å²) in [6.45, 7) is 9.02. The molecule has 1 aliphatic rings. The predicted molar refractivity (Wildman–Crippen MR) is 78.3 cm³/mol. The van der Waals surface area contributed by atoms with Crippen LogP contribution in [0.15, 0.2) is 0 Å². The molecule has 0 bridgehead atoms. The molecule has 0 spiro atoms. The van der Waals surface area contributed by atoms with Gasteiger partial charge in [0.25, 0.3) is 0 Å². The average Bonchev–Trinajstić information content (AvgIpc) is 2.91. The van der Waals surface area contributed by atoms with Crippen molar-refractivity contribution in [3.8, 4) is 0 Å². The molecule has 5 heteroatoms. The number of methoxy groups -OCH3 is 1. The summed E-state index contributed by atoms with van der Waals surface area (Å²) in [4.78, 5) is 26.0. The molecule has 1 heterocycles. The van der Waals surface area contributed by atoms with Crippen LogP contribution in [0, 0.1) is 11.3 Å². The average molecular weight is 284 g/mol. The molecule has 1 atom stereocenters. The fourth-order valence-corrected chi connectivity index (χ4v) is 2.76. The molecular weight excluding hydrogens is 256 g/mol. The van der Waals surface area contributed by atoms with Crippen molar-refractivity contribution in [2.45, 2.75) is 40.0 Å². The number of ether oxygens (including phenoxy) is 1. The van der Waals surface area contributed by atoms with E-state index in [0.29, 0.717) is 19.0 Å². The standard InChI is InChI=1S/C15H28N2O3/c1-5-15(7-8-16-11-15)14(19)17(10-12(2)3)9-6-13(18)20-4/h12,16H,5-11H2,1-4H3. The highest BCUT2D eigenvalue weighted by atomic mass is 16.5. The molecular formula is C15H28N2O3. The van der Waals surface area contributed by atoms with Gasteiger partial charge in [-0.05, 0) is 25.3 Å². The van der Waals surface area contributed by atoms with Crippen LogP contribution in [0.1, 0.15) is 40.0 Å². The van der Waals surface area contributed by atoms with Crippen LogP contribution >= 0.6 is 0 Å². The normalized spacial score (nSPS) is 22.1. The van der Waals surface area contributed by atoms with E-state index in [9.17, 15) is 9.59 Å². The molecule has 0 saturated carbocycles. The van der Waals surface area contributed by atoms with E-state index in [4.69, 9.17) is 0 Å². The van der Waals surface area contributed by atoms with E-state index in [2.05, 4.69) is 30.8 Å². The molecule has 5 nitrogen and oxygen atoms in total. The molecule has 0 aliphatic carbocycles. The van der Waals surface area contributed by atoms with Crippen LogP contribution in [0.25, 0.3) is 0 Å². The van der Waals surface area contributed by atoms with E-state index in [-0.39, 0.29) is 23.7 Å². The molecule has 1 fully saturated rings. The maximum Gasteiger partial charge on any atom is 0.307 e. The summed E-state index contributed by atoms with van der Waals surface area (Å²) in [5, 5.41) is 3.29. The monoisotopic (exact) mass is 284 g/mol. The molecule has 1 rings (SSSR count). The van der Waals surface area contributed by atoms with Crippen molar-refractivity contribution in [2.24, 2.45) is 11.3 Å². The molecule has 1 aliphatic heterocycles. The van der Waals surface area contributed by atoms with Crippen LogP contribution in [-0.2, 0) is 14.3 Å². The number of carbonyl (C=O) groups excluding carboxylic acids is 2. The second kappa shape index (κ2) is 7.62. The Labute approximate surface area is 122 Å². The summed E-state index contributed by atoms with van der Waals surface area (Å²) >= 11 is 0. The van der Waals surface area contributed by atoms with Gasteiger partial charge < -0.3 is 15.0 Å². The molecule has 0 aromatic heterocycles. The van der Waals surface area contributed by atoms with Gasteiger partial charge in [-0.2, -0.15) is 0 Å². The number of nitrogens with one attached hydrogen (secondary N) is 1. The summed E-state index contributed by atoms with van der Waals surface area (Å²) in [5.41, 5.74) is -0.287. The third kappa shape index (κ3) is 4.20. The highest BCUT2D eigenvalue weighted by molar-refractivity contribution is 5.84.